The first-order chi connectivity index (χ1) is 10.3. The smallest absolute Gasteiger partial charge is 0.126 e. The van der Waals surface area contributed by atoms with Crippen molar-refractivity contribution in [3.63, 3.8) is 0 Å². The van der Waals surface area contributed by atoms with Gasteiger partial charge in [0.25, 0.3) is 0 Å². The highest BCUT2D eigenvalue weighted by molar-refractivity contribution is 5.24. The molecule has 2 aliphatic rings. The summed E-state index contributed by atoms with van der Waals surface area (Å²) in [6.07, 6.45) is 9.20. The fourth-order valence-corrected chi connectivity index (χ4v) is 4.02. The van der Waals surface area contributed by atoms with Crippen LogP contribution in [0.25, 0.3) is 0 Å². The first-order valence-corrected chi connectivity index (χ1v) is 8.74. The lowest BCUT2D eigenvalue weighted by atomic mass is 9.75. The van der Waals surface area contributed by atoms with Crippen molar-refractivity contribution in [2.45, 2.75) is 63.8 Å². The van der Waals surface area contributed by atoms with Gasteiger partial charge in [0.1, 0.15) is 5.82 Å². The van der Waals surface area contributed by atoms with Crippen LogP contribution in [0, 0.1) is 17.7 Å². The second-order valence-electron chi connectivity index (χ2n) is 7.09. The minimum Gasteiger partial charge on any atom is -0.314 e. The molecule has 1 nitrogen and oxygen atoms in total. The van der Waals surface area contributed by atoms with E-state index in [0.29, 0.717) is 12.0 Å². The summed E-state index contributed by atoms with van der Waals surface area (Å²) in [4.78, 5) is 0. The molecule has 0 aliphatic heterocycles. The first kappa shape index (κ1) is 15.0. The van der Waals surface area contributed by atoms with Gasteiger partial charge in [0.2, 0.25) is 0 Å². The van der Waals surface area contributed by atoms with Crippen molar-refractivity contribution >= 4 is 0 Å². The molecule has 1 N–H and O–H groups in total. The molecule has 0 radical (unpaired) electrons. The summed E-state index contributed by atoms with van der Waals surface area (Å²) in [6, 6.07) is 7.87. The van der Waals surface area contributed by atoms with E-state index in [9.17, 15) is 4.39 Å². The molecule has 0 spiro atoms. The topological polar surface area (TPSA) is 12.0 Å². The molecule has 0 heterocycles. The van der Waals surface area contributed by atoms with Crippen LogP contribution >= 0.6 is 0 Å². The average Bonchev–Trinajstić information content (AvgIpc) is 2.48. The zero-order valence-electron chi connectivity index (χ0n) is 13.2. The molecule has 21 heavy (non-hydrogen) atoms. The van der Waals surface area contributed by atoms with Crippen molar-refractivity contribution in [2.24, 2.45) is 11.8 Å². The van der Waals surface area contributed by atoms with E-state index in [1.807, 2.05) is 12.1 Å². The zero-order chi connectivity index (χ0) is 14.7. The van der Waals surface area contributed by atoms with Gasteiger partial charge in [0.05, 0.1) is 0 Å². The molecule has 2 fully saturated rings. The summed E-state index contributed by atoms with van der Waals surface area (Å²) in [6.45, 7) is 3.49. The summed E-state index contributed by atoms with van der Waals surface area (Å²) in [7, 11) is 0. The van der Waals surface area contributed by atoms with Crippen LogP contribution in [-0.4, -0.2) is 12.6 Å². The summed E-state index contributed by atoms with van der Waals surface area (Å²) >= 11 is 0. The van der Waals surface area contributed by atoms with Crippen molar-refractivity contribution in [2.75, 3.05) is 6.54 Å². The number of halogens is 1. The second kappa shape index (κ2) is 6.91. The molecule has 2 heteroatoms. The summed E-state index contributed by atoms with van der Waals surface area (Å²) in [5.41, 5.74) is 0.916. The normalized spacial score (nSPS) is 32.7. The Bertz CT molecular complexity index is 445. The lowest BCUT2D eigenvalue weighted by Crippen LogP contribution is -2.42. The quantitative estimate of drug-likeness (QED) is 0.814. The van der Waals surface area contributed by atoms with E-state index >= 15 is 0 Å². The highest BCUT2D eigenvalue weighted by Gasteiger charge is 2.32. The van der Waals surface area contributed by atoms with E-state index in [4.69, 9.17) is 0 Å². The fraction of sp³-hybridized carbons (Fsp3) is 0.684. The van der Waals surface area contributed by atoms with Gasteiger partial charge >= 0.3 is 0 Å². The van der Waals surface area contributed by atoms with Crippen molar-refractivity contribution in [1.82, 2.24) is 5.32 Å². The van der Waals surface area contributed by atoms with Crippen LogP contribution in [0.2, 0.25) is 0 Å². The molecular formula is C19H28FN. The van der Waals surface area contributed by atoms with Crippen LogP contribution in [-0.2, 0) is 0 Å². The number of nitrogens with one attached hydrogen (secondary N) is 1. The van der Waals surface area contributed by atoms with Gasteiger partial charge < -0.3 is 5.32 Å². The van der Waals surface area contributed by atoms with Crippen molar-refractivity contribution < 1.29 is 4.39 Å². The molecule has 1 aromatic carbocycles. The minimum absolute atomic E-state index is 0.0289. The van der Waals surface area contributed by atoms with Gasteiger partial charge in [-0.2, -0.15) is 0 Å². The SMILES string of the molecule is CCC1CCC(CNC2CC(c3ccccc3F)C2)CC1. The zero-order valence-corrected chi connectivity index (χ0v) is 13.2. The molecule has 0 saturated heterocycles. The van der Waals surface area contributed by atoms with Crippen LogP contribution in [0.5, 0.6) is 0 Å². The molecule has 0 atom stereocenters. The first-order valence-electron chi connectivity index (χ1n) is 8.74. The number of rotatable bonds is 5. The molecule has 116 valence electrons. The number of hydrogen-bond acceptors (Lipinski definition) is 1. The predicted octanol–water partition coefficient (Wildman–Crippen LogP) is 4.88. The number of hydrogen-bond donors (Lipinski definition) is 1. The Balaban J connectivity index is 1.37. The van der Waals surface area contributed by atoms with E-state index < -0.39 is 0 Å². The minimum atomic E-state index is -0.0289. The van der Waals surface area contributed by atoms with Gasteiger partial charge in [-0.05, 0) is 61.6 Å². The maximum Gasteiger partial charge on any atom is 0.126 e. The Hall–Kier alpha value is -0.890. The van der Waals surface area contributed by atoms with Gasteiger partial charge in [-0.1, -0.05) is 44.4 Å². The fourth-order valence-electron chi connectivity index (χ4n) is 4.02. The molecule has 0 aromatic heterocycles. The van der Waals surface area contributed by atoms with Gasteiger partial charge in [-0.3, -0.25) is 0 Å². The Morgan fingerprint density at radius 2 is 1.71 bits per heavy atom. The average molecular weight is 289 g/mol. The predicted molar refractivity (Wildman–Crippen MR) is 85.9 cm³/mol. The van der Waals surface area contributed by atoms with Gasteiger partial charge in [0, 0.05) is 6.04 Å². The second-order valence-corrected chi connectivity index (χ2v) is 7.09. The lowest BCUT2D eigenvalue weighted by Gasteiger charge is -2.38. The van der Waals surface area contributed by atoms with Gasteiger partial charge in [-0.15, -0.1) is 0 Å². The third-order valence-electron chi connectivity index (χ3n) is 5.72. The van der Waals surface area contributed by atoms with Crippen LogP contribution in [0.15, 0.2) is 24.3 Å². The van der Waals surface area contributed by atoms with E-state index in [1.54, 1.807) is 12.1 Å². The van der Waals surface area contributed by atoms with E-state index in [0.717, 1.165) is 30.2 Å². The van der Waals surface area contributed by atoms with Gasteiger partial charge in [0.15, 0.2) is 0 Å². The number of benzene rings is 1. The third-order valence-corrected chi connectivity index (χ3v) is 5.72. The standard InChI is InChI=1S/C19H28FN/c1-2-14-7-9-15(10-8-14)13-21-17-11-16(12-17)18-5-3-4-6-19(18)20/h3-6,14-17,21H,2,7-13H2,1H3. The Labute approximate surface area is 128 Å². The van der Waals surface area contributed by atoms with Crippen LogP contribution in [0.3, 0.4) is 0 Å². The Morgan fingerprint density at radius 1 is 1.05 bits per heavy atom. The van der Waals surface area contributed by atoms with Gasteiger partial charge in [-0.25, -0.2) is 4.39 Å². The Morgan fingerprint density at radius 3 is 2.38 bits per heavy atom. The highest BCUT2D eigenvalue weighted by Crippen LogP contribution is 2.38. The van der Waals surface area contributed by atoms with Crippen LogP contribution < -0.4 is 5.32 Å². The molecular weight excluding hydrogens is 261 g/mol. The molecule has 0 unspecified atom stereocenters. The van der Waals surface area contributed by atoms with Crippen molar-refractivity contribution in [3.8, 4) is 0 Å². The van der Waals surface area contributed by atoms with Crippen LogP contribution in [0.1, 0.15) is 63.4 Å². The van der Waals surface area contributed by atoms with E-state index in [1.165, 1.54) is 38.6 Å². The Kier molecular flexibility index (Phi) is 4.95. The highest BCUT2D eigenvalue weighted by atomic mass is 19.1. The van der Waals surface area contributed by atoms with Crippen molar-refractivity contribution in [1.29, 1.82) is 0 Å². The van der Waals surface area contributed by atoms with E-state index in [2.05, 4.69) is 12.2 Å². The molecule has 2 aliphatic carbocycles. The third kappa shape index (κ3) is 3.66. The monoisotopic (exact) mass is 289 g/mol. The maximum atomic E-state index is 13.7. The molecule has 0 bridgehead atoms. The van der Waals surface area contributed by atoms with Crippen molar-refractivity contribution in [3.05, 3.63) is 35.6 Å². The summed E-state index contributed by atoms with van der Waals surface area (Å²) in [5, 5.41) is 3.72. The van der Waals surface area contributed by atoms with Crippen LogP contribution in [0.4, 0.5) is 4.39 Å². The molecule has 1 aromatic rings. The maximum absolute atomic E-state index is 13.7. The molecule has 3 rings (SSSR count). The summed E-state index contributed by atoms with van der Waals surface area (Å²) < 4.78 is 13.7. The van der Waals surface area contributed by atoms with E-state index in [-0.39, 0.29) is 5.82 Å². The largest absolute Gasteiger partial charge is 0.314 e. The molecule has 0 amide bonds. The molecule has 2 saturated carbocycles. The summed E-state index contributed by atoms with van der Waals surface area (Å²) in [5.74, 6) is 2.26. The lowest BCUT2D eigenvalue weighted by molar-refractivity contribution is 0.226.